The van der Waals surface area contributed by atoms with E-state index in [0.717, 1.165) is 4.90 Å². The van der Waals surface area contributed by atoms with Crippen LogP contribution in [0.3, 0.4) is 0 Å². The maximum absolute atomic E-state index is 11.6. The topological polar surface area (TPSA) is 66.9 Å². The molecule has 0 bridgehead atoms. The highest BCUT2D eigenvalue weighted by Crippen LogP contribution is 2.16. The van der Waals surface area contributed by atoms with Gasteiger partial charge in [-0.1, -0.05) is 0 Å². The number of ether oxygens (including phenoxy) is 1. The first-order valence-electron chi connectivity index (χ1n) is 5.54. The second kappa shape index (κ2) is 4.73. The van der Waals surface area contributed by atoms with E-state index in [1.165, 1.54) is 4.90 Å². The summed E-state index contributed by atoms with van der Waals surface area (Å²) in [7, 11) is 0. The average molecular weight is 242 g/mol. The van der Waals surface area contributed by atoms with Crippen molar-refractivity contribution >= 4 is 17.9 Å². The van der Waals surface area contributed by atoms with Gasteiger partial charge in [0.2, 0.25) is 5.91 Å². The number of urea groups is 1. The van der Waals surface area contributed by atoms with E-state index in [9.17, 15) is 14.4 Å². The minimum absolute atomic E-state index is 0.0237. The van der Waals surface area contributed by atoms with E-state index >= 15 is 0 Å². The summed E-state index contributed by atoms with van der Waals surface area (Å²) in [5.41, 5.74) is -0.614. The lowest BCUT2D eigenvalue weighted by Gasteiger charge is -2.20. The molecule has 0 aromatic rings. The number of esters is 1. The van der Waals surface area contributed by atoms with Crippen molar-refractivity contribution in [1.29, 1.82) is 0 Å². The Morgan fingerprint density at radius 2 is 1.94 bits per heavy atom. The molecule has 6 heteroatoms. The van der Waals surface area contributed by atoms with Crippen LogP contribution in [0.25, 0.3) is 0 Å². The van der Waals surface area contributed by atoms with Gasteiger partial charge < -0.3 is 4.74 Å². The molecule has 1 aliphatic rings. The molecule has 1 rings (SSSR count). The van der Waals surface area contributed by atoms with Gasteiger partial charge in [-0.15, -0.1) is 0 Å². The summed E-state index contributed by atoms with van der Waals surface area (Å²) in [6.07, 6.45) is 0. The molecule has 1 fully saturated rings. The normalized spacial score (nSPS) is 16.7. The third kappa shape index (κ3) is 2.95. The molecule has 3 amide bonds. The molecular formula is C11H18N2O4. The molecule has 0 unspecified atom stereocenters. The number of nitrogens with zero attached hydrogens (tertiary/aromatic N) is 2. The molecule has 0 saturated carbocycles. The summed E-state index contributed by atoms with van der Waals surface area (Å²) in [6.45, 7) is 7.04. The first-order chi connectivity index (χ1) is 7.77. The Morgan fingerprint density at radius 3 is 2.35 bits per heavy atom. The van der Waals surface area contributed by atoms with Crippen LogP contribution in [0.15, 0.2) is 0 Å². The lowest BCUT2D eigenvalue weighted by atomic mass is 9.98. The number of rotatable bonds is 3. The molecule has 0 radical (unpaired) electrons. The van der Waals surface area contributed by atoms with E-state index in [0.29, 0.717) is 6.54 Å². The van der Waals surface area contributed by atoms with Gasteiger partial charge in [-0.3, -0.25) is 19.4 Å². The molecule has 6 nitrogen and oxygen atoms in total. The van der Waals surface area contributed by atoms with E-state index in [1.807, 2.05) is 0 Å². The summed E-state index contributed by atoms with van der Waals surface area (Å²) in [5.74, 6) is -0.656. The van der Waals surface area contributed by atoms with Crippen LogP contribution in [0.5, 0.6) is 0 Å². The third-order valence-corrected chi connectivity index (χ3v) is 2.41. The fourth-order valence-electron chi connectivity index (χ4n) is 1.36. The van der Waals surface area contributed by atoms with Crippen molar-refractivity contribution in [1.82, 2.24) is 9.80 Å². The summed E-state index contributed by atoms with van der Waals surface area (Å²) < 4.78 is 4.99. The second-order valence-corrected chi connectivity index (χ2v) is 4.93. The number of likely N-dealkylation sites (N-methyl/N-ethyl adjacent to an activating group) is 1. The lowest BCUT2D eigenvalue weighted by molar-refractivity contribution is -0.156. The molecule has 0 spiro atoms. The lowest BCUT2D eigenvalue weighted by Crippen LogP contribution is -2.36. The zero-order chi connectivity index (χ0) is 13.2. The van der Waals surface area contributed by atoms with E-state index < -0.39 is 17.4 Å². The SMILES string of the molecule is CCN1C(=O)CN(COC(=O)C(C)(C)C)C1=O. The molecule has 0 aromatic heterocycles. The van der Waals surface area contributed by atoms with Gasteiger partial charge in [0.15, 0.2) is 6.73 Å². The molecule has 0 aromatic carbocycles. The monoisotopic (exact) mass is 242 g/mol. The van der Waals surface area contributed by atoms with Crippen molar-refractivity contribution < 1.29 is 19.1 Å². The van der Waals surface area contributed by atoms with Crippen LogP contribution in [-0.2, 0) is 14.3 Å². The highest BCUT2D eigenvalue weighted by atomic mass is 16.5. The Bertz CT molecular complexity index is 346. The Labute approximate surface area is 101 Å². The minimum Gasteiger partial charge on any atom is -0.444 e. The van der Waals surface area contributed by atoms with Crippen LogP contribution >= 0.6 is 0 Å². The first kappa shape index (κ1) is 13.5. The molecule has 0 aliphatic carbocycles. The van der Waals surface area contributed by atoms with Crippen molar-refractivity contribution in [3.05, 3.63) is 0 Å². The van der Waals surface area contributed by atoms with Gasteiger partial charge in [0, 0.05) is 6.54 Å². The Morgan fingerprint density at radius 1 is 1.35 bits per heavy atom. The number of carbonyl (C=O) groups is 3. The number of hydrogen-bond acceptors (Lipinski definition) is 4. The smallest absolute Gasteiger partial charge is 0.329 e. The maximum Gasteiger partial charge on any atom is 0.329 e. The predicted molar refractivity (Wildman–Crippen MR) is 59.9 cm³/mol. The van der Waals surface area contributed by atoms with Crippen molar-refractivity contribution in [2.75, 3.05) is 19.8 Å². The van der Waals surface area contributed by atoms with Gasteiger partial charge >= 0.3 is 12.0 Å². The second-order valence-electron chi connectivity index (χ2n) is 4.93. The van der Waals surface area contributed by atoms with Crippen molar-refractivity contribution in [2.45, 2.75) is 27.7 Å². The van der Waals surface area contributed by atoms with Crippen LogP contribution in [0.4, 0.5) is 4.79 Å². The largest absolute Gasteiger partial charge is 0.444 e. The molecule has 96 valence electrons. The number of hydrogen-bond donors (Lipinski definition) is 0. The van der Waals surface area contributed by atoms with Crippen LogP contribution in [0.2, 0.25) is 0 Å². The summed E-state index contributed by atoms with van der Waals surface area (Å²) in [5, 5.41) is 0. The van der Waals surface area contributed by atoms with Crippen molar-refractivity contribution in [3.63, 3.8) is 0 Å². The minimum atomic E-state index is -0.614. The zero-order valence-corrected chi connectivity index (χ0v) is 10.6. The molecule has 1 saturated heterocycles. The predicted octanol–water partition coefficient (Wildman–Crippen LogP) is 0.817. The first-order valence-corrected chi connectivity index (χ1v) is 5.54. The highest BCUT2D eigenvalue weighted by Gasteiger charge is 2.35. The Kier molecular flexibility index (Phi) is 3.75. The fourth-order valence-corrected chi connectivity index (χ4v) is 1.36. The van der Waals surface area contributed by atoms with E-state index in [1.54, 1.807) is 27.7 Å². The van der Waals surface area contributed by atoms with Gasteiger partial charge in [0.05, 0.1) is 5.41 Å². The highest BCUT2D eigenvalue weighted by molar-refractivity contribution is 6.01. The van der Waals surface area contributed by atoms with Gasteiger partial charge in [-0.05, 0) is 27.7 Å². The maximum atomic E-state index is 11.6. The molecule has 17 heavy (non-hydrogen) atoms. The van der Waals surface area contributed by atoms with E-state index in [4.69, 9.17) is 4.74 Å². The number of amides is 3. The van der Waals surface area contributed by atoms with Gasteiger partial charge in [0.1, 0.15) is 6.54 Å². The molecule has 0 atom stereocenters. The third-order valence-electron chi connectivity index (χ3n) is 2.41. The van der Waals surface area contributed by atoms with Crippen LogP contribution in [-0.4, -0.2) is 47.5 Å². The van der Waals surface area contributed by atoms with Crippen LogP contribution in [0.1, 0.15) is 27.7 Å². The molecule has 1 aliphatic heterocycles. The van der Waals surface area contributed by atoms with Gasteiger partial charge in [-0.2, -0.15) is 0 Å². The van der Waals surface area contributed by atoms with Crippen LogP contribution in [0, 0.1) is 5.41 Å². The molecule has 0 N–H and O–H groups in total. The van der Waals surface area contributed by atoms with Gasteiger partial charge in [-0.25, -0.2) is 4.79 Å². The van der Waals surface area contributed by atoms with Gasteiger partial charge in [0.25, 0.3) is 0 Å². The fraction of sp³-hybridized carbons (Fsp3) is 0.727. The summed E-state index contributed by atoms with van der Waals surface area (Å²) >= 11 is 0. The standard InChI is InChI=1S/C11H18N2O4/c1-5-13-8(14)6-12(10(13)16)7-17-9(15)11(2,3)4/h5-7H2,1-4H3. The van der Waals surface area contributed by atoms with Crippen molar-refractivity contribution in [3.8, 4) is 0 Å². The average Bonchev–Trinajstić information content (AvgIpc) is 2.48. The van der Waals surface area contributed by atoms with Crippen molar-refractivity contribution in [2.24, 2.45) is 5.41 Å². The van der Waals surface area contributed by atoms with E-state index in [-0.39, 0.29) is 19.2 Å². The number of carbonyl (C=O) groups excluding carboxylic acids is 3. The zero-order valence-electron chi connectivity index (χ0n) is 10.6. The van der Waals surface area contributed by atoms with Crippen LogP contribution < -0.4 is 0 Å². The Hall–Kier alpha value is -1.59. The molecular weight excluding hydrogens is 224 g/mol. The molecule has 1 heterocycles. The Balaban J connectivity index is 2.53. The number of imide groups is 1. The summed E-state index contributed by atoms with van der Waals surface area (Å²) in [4.78, 5) is 36.9. The quantitative estimate of drug-likeness (QED) is 0.542. The van der Waals surface area contributed by atoms with E-state index in [2.05, 4.69) is 0 Å². The summed E-state index contributed by atoms with van der Waals surface area (Å²) in [6, 6.07) is -0.404.